The van der Waals surface area contributed by atoms with Crippen LogP contribution in [0, 0.1) is 6.92 Å². The second-order valence-electron chi connectivity index (χ2n) is 5.36. The summed E-state index contributed by atoms with van der Waals surface area (Å²) in [5.41, 5.74) is 1.21. The van der Waals surface area contributed by atoms with E-state index in [1.54, 1.807) is 0 Å². The van der Waals surface area contributed by atoms with E-state index in [1.807, 2.05) is 29.3 Å². The molecule has 2 aromatic rings. The van der Waals surface area contributed by atoms with Crippen LogP contribution in [0.15, 0.2) is 34.9 Å². The quantitative estimate of drug-likeness (QED) is 0.307. The minimum Gasteiger partial charge on any atom is -0.356 e. The highest BCUT2D eigenvalue weighted by atomic mass is 127. The Morgan fingerprint density at radius 1 is 1.48 bits per heavy atom. The van der Waals surface area contributed by atoms with E-state index in [4.69, 9.17) is 0 Å². The van der Waals surface area contributed by atoms with Crippen molar-refractivity contribution in [3.05, 3.63) is 40.3 Å². The molecule has 2 rings (SSSR count). The molecule has 7 heteroatoms. The Morgan fingerprint density at radius 3 is 2.91 bits per heavy atom. The van der Waals surface area contributed by atoms with E-state index < -0.39 is 0 Å². The predicted octanol–water partition coefficient (Wildman–Crippen LogP) is 3.01. The molecule has 0 spiro atoms. The Hall–Kier alpha value is -1.09. The van der Waals surface area contributed by atoms with Gasteiger partial charge in [-0.1, -0.05) is 6.07 Å². The second kappa shape index (κ2) is 10.6. The molecule has 0 amide bonds. The molecule has 1 N–H and O–H groups in total. The van der Waals surface area contributed by atoms with Crippen molar-refractivity contribution in [1.82, 2.24) is 20.0 Å². The monoisotopic (exact) mass is 447 g/mol. The molecule has 0 unspecified atom stereocenters. The van der Waals surface area contributed by atoms with Crippen molar-refractivity contribution in [2.45, 2.75) is 26.3 Å². The summed E-state index contributed by atoms with van der Waals surface area (Å²) in [6.45, 7) is 4.86. The van der Waals surface area contributed by atoms with Gasteiger partial charge in [0, 0.05) is 44.8 Å². The highest BCUT2D eigenvalue weighted by Crippen LogP contribution is 2.09. The summed E-state index contributed by atoms with van der Waals surface area (Å²) in [5.74, 6) is 0.952. The van der Waals surface area contributed by atoms with E-state index in [0.29, 0.717) is 0 Å². The van der Waals surface area contributed by atoms with Crippen molar-refractivity contribution in [1.29, 1.82) is 0 Å². The molecule has 0 saturated heterocycles. The van der Waals surface area contributed by atoms with Crippen molar-refractivity contribution < 1.29 is 0 Å². The van der Waals surface area contributed by atoms with E-state index in [2.05, 4.69) is 58.0 Å². The number of hydrogen-bond donors (Lipinski definition) is 1. The lowest BCUT2D eigenvalue weighted by Crippen LogP contribution is -2.40. The molecule has 23 heavy (non-hydrogen) atoms. The summed E-state index contributed by atoms with van der Waals surface area (Å²) < 4.78 is 1.99. The van der Waals surface area contributed by atoms with Gasteiger partial charge in [-0.05, 0) is 36.8 Å². The fourth-order valence-electron chi connectivity index (χ4n) is 2.25. The van der Waals surface area contributed by atoms with Crippen LogP contribution in [0.25, 0.3) is 0 Å². The number of aromatic nitrogens is 2. The van der Waals surface area contributed by atoms with Gasteiger partial charge in [-0.2, -0.15) is 5.10 Å². The molecular formula is C16H26IN5S. The standard InChI is InChI=1S/C16H25N5S.HI/c1-14-12-19-21(13-14)9-5-8-18-16(17-2)20(3)10-7-15-6-4-11-22-15;/h4,6,11-13H,5,7-10H2,1-3H3,(H,17,18);1H. The maximum Gasteiger partial charge on any atom is 0.193 e. The zero-order valence-corrected chi connectivity index (χ0v) is 17.2. The minimum absolute atomic E-state index is 0. The molecule has 0 bridgehead atoms. The average molecular weight is 447 g/mol. The summed E-state index contributed by atoms with van der Waals surface area (Å²) in [6, 6.07) is 4.28. The Morgan fingerprint density at radius 2 is 2.30 bits per heavy atom. The highest BCUT2D eigenvalue weighted by molar-refractivity contribution is 14.0. The van der Waals surface area contributed by atoms with Crippen LogP contribution in [0.5, 0.6) is 0 Å². The minimum atomic E-state index is 0. The van der Waals surface area contributed by atoms with Gasteiger partial charge in [0.05, 0.1) is 6.20 Å². The van der Waals surface area contributed by atoms with Crippen LogP contribution in [-0.2, 0) is 13.0 Å². The van der Waals surface area contributed by atoms with Crippen LogP contribution in [0.2, 0.25) is 0 Å². The largest absolute Gasteiger partial charge is 0.356 e. The van der Waals surface area contributed by atoms with Gasteiger partial charge in [-0.15, -0.1) is 35.3 Å². The summed E-state index contributed by atoms with van der Waals surface area (Å²) in [7, 11) is 3.92. The van der Waals surface area contributed by atoms with Crippen LogP contribution < -0.4 is 5.32 Å². The molecular weight excluding hydrogens is 421 g/mol. The first-order valence-electron chi connectivity index (χ1n) is 7.62. The molecule has 0 aliphatic rings. The molecule has 5 nitrogen and oxygen atoms in total. The zero-order valence-electron chi connectivity index (χ0n) is 14.0. The van der Waals surface area contributed by atoms with Crippen LogP contribution >= 0.6 is 35.3 Å². The third-order valence-electron chi connectivity index (χ3n) is 3.46. The molecule has 0 aliphatic heterocycles. The number of likely N-dealkylation sites (N-methyl/N-ethyl adjacent to an activating group) is 1. The van der Waals surface area contributed by atoms with E-state index in [-0.39, 0.29) is 24.0 Å². The first-order chi connectivity index (χ1) is 10.7. The molecule has 0 radical (unpaired) electrons. The van der Waals surface area contributed by atoms with Crippen LogP contribution in [0.3, 0.4) is 0 Å². The van der Waals surface area contributed by atoms with Gasteiger partial charge in [0.15, 0.2) is 5.96 Å². The third-order valence-corrected chi connectivity index (χ3v) is 4.39. The Balaban J connectivity index is 0.00000264. The number of guanidine groups is 1. The van der Waals surface area contributed by atoms with E-state index >= 15 is 0 Å². The Labute approximate surface area is 159 Å². The smallest absolute Gasteiger partial charge is 0.193 e. The molecule has 0 aromatic carbocycles. The van der Waals surface area contributed by atoms with Gasteiger partial charge in [0.2, 0.25) is 0 Å². The number of aryl methyl sites for hydroxylation is 2. The molecule has 0 saturated carbocycles. The molecule has 0 fully saturated rings. The van der Waals surface area contributed by atoms with Crippen molar-refractivity contribution in [3.63, 3.8) is 0 Å². The second-order valence-corrected chi connectivity index (χ2v) is 6.39. The lowest BCUT2D eigenvalue weighted by Gasteiger charge is -2.21. The van der Waals surface area contributed by atoms with Gasteiger partial charge in [-0.25, -0.2) is 0 Å². The summed E-state index contributed by atoms with van der Waals surface area (Å²) in [6.07, 6.45) is 6.05. The van der Waals surface area contributed by atoms with Crippen LogP contribution in [0.4, 0.5) is 0 Å². The molecule has 2 heterocycles. The lowest BCUT2D eigenvalue weighted by atomic mass is 10.3. The summed E-state index contributed by atoms with van der Waals surface area (Å²) in [5, 5.41) is 9.83. The number of nitrogens with one attached hydrogen (secondary N) is 1. The summed E-state index contributed by atoms with van der Waals surface area (Å²) >= 11 is 1.81. The number of halogens is 1. The van der Waals surface area contributed by atoms with Gasteiger partial charge in [0.25, 0.3) is 0 Å². The first kappa shape index (κ1) is 20.0. The van der Waals surface area contributed by atoms with Crippen molar-refractivity contribution >= 4 is 41.3 Å². The van der Waals surface area contributed by atoms with Crippen LogP contribution in [0.1, 0.15) is 16.9 Å². The van der Waals surface area contributed by atoms with E-state index in [1.165, 1.54) is 10.4 Å². The summed E-state index contributed by atoms with van der Waals surface area (Å²) in [4.78, 5) is 7.94. The Kier molecular flexibility index (Phi) is 9.23. The average Bonchev–Trinajstić information content (AvgIpc) is 3.16. The maximum absolute atomic E-state index is 4.35. The SMILES string of the molecule is CN=C(NCCCn1cc(C)cn1)N(C)CCc1cccs1.I. The maximum atomic E-state index is 4.35. The molecule has 0 atom stereocenters. The number of nitrogens with zero attached hydrogens (tertiary/aromatic N) is 4. The van der Waals surface area contributed by atoms with Gasteiger partial charge >= 0.3 is 0 Å². The van der Waals surface area contributed by atoms with Gasteiger partial charge in [-0.3, -0.25) is 9.67 Å². The third kappa shape index (κ3) is 6.90. The van der Waals surface area contributed by atoms with Gasteiger partial charge < -0.3 is 10.2 Å². The Bertz CT molecular complexity index is 579. The highest BCUT2D eigenvalue weighted by Gasteiger charge is 2.05. The van der Waals surface area contributed by atoms with Crippen molar-refractivity contribution in [2.75, 3.05) is 27.2 Å². The van der Waals surface area contributed by atoms with Crippen molar-refractivity contribution in [2.24, 2.45) is 4.99 Å². The fraction of sp³-hybridized carbons (Fsp3) is 0.500. The number of aliphatic imine (C=N–C) groups is 1. The van der Waals surface area contributed by atoms with Crippen LogP contribution in [-0.4, -0.2) is 47.8 Å². The number of rotatable bonds is 7. The van der Waals surface area contributed by atoms with E-state index in [0.717, 1.165) is 38.4 Å². The molecule has 128 valence electrons. The molecule has 0 aliphatic carbocycles. The van der Waals surface area contributed by atoms with Crippen molar-refractivity contribution in [3.8, 4) is 0 Å². The predicted molar refractivity (Wildman–Crippen MR) is 109 cm³/mol. The zero-order chi connectivity index (χ0) is 15.8. The number of hydrogen-bond acceptors (Lipinski definition) is 3. The fourth-order valence-corrected chi connectivity index (χ4v) is 2.95. The van der Waals surface area contributed by atoms with E-state index in [9.17, 15) is 0 Å². The topological polar surface area (TPSA) is 45.5 Å². The number of thiophene rings is 1. The van der Waals surface area contributed by atoms with Gasteiger partial charge in [0.1, 0.15) is 0 Å². The first-order valence-corrected chi connectivity index (χ1v) is 8.50. The lowest BCUT2D eigenvalue weighted by molar-refractivity contribution is 0.480. The normalized spacial score (nSPS) is 11.2. The molecule has 2 aromatic heterocycles.